The highest BCUT2D eigenvalue weighted by atomic mass is 16.6. The molecular formula is C15H10N4O4. The zero-order chi connectivity index (χ0) is 16.2. The van der Waals surface area contributed by atoms with Crippen molar-refractivity contribution in [3.8, 4) is 11.5 Å². The Balaban J connectivity index is 1.82. The molecule has 2 aromatic heterocycles. The van der Waals surface area contributed by atoms with Gasteiger partial charge in [-0.1, -0.05) is 6.07 Å². The third-order valence-corrected chi connectivity index (χ3v) is 2.97. The molecule has 0 unspecified atom stereocenters. The summed E-state index contributed by atoms with van der Waals surface area (Å²) < 4.78 is 5.23. The van der Waals surface area contributed by atoms with Crippen LogP contribution < -0.4 is 5.32 Å². The molecule has 0 aliphatic heterocycles. The van der Waals surface area contributed by atoms with Crippen LogP contribution in [0.5, 0.6) is 0 Å². The number of carbonyl (C=O) groups excluding carboxylic acids is 1. The van der Waals surface area contributed by atoms with Crippen LogP contribution in [0.3, 0.4) is 0 Å². The molecule has 0 aliphatic rings. The van der Waals surface area contributed by atoms with Gasteiger partial charge in [0.1, 0.15) is 5.69 Å². The average molecular weight is 310 g/mol. The normalized spacial score (nSPS) is 10.3. The zero-order valence-electron chi connectivity index (χ0n) is 11.7. The second-order valence-corrected chi connectivity index (χ2v) is 4.50. The van der Waals surface area contributed by atoms with Crippen LogP contribution in [-0.4, -0.2) is 20.8 Å². The molecule has 0 radical (unpaired) electrons. The van der Waals surface area contributed by atoms with Gasteiger partial charge in [-0.25, -0.2) is 9.97 Å². The maximum Gasteiger partial charge on any atom is 0.270 e. The lowest BCUT2D eigenvalue weighted by molar-refractivity contribution is -0.384. The standard InChI is InChI=1S/C15H10N4O4/c20-14(10-3-1-4-11(9-10)19(21)22)18-15-16-7-6-12(17-15)13-5-2-8-23-13/h1-9H,(H,16,17,18,20). The number of benzene rings is 1. The van der Waals surface area contributed by atoms with Gasteiger partial charge in [-0.05, 0) is 24.3 Å². The topological polar surface area (TPSA) is 111 Å². The maximum atomic E-state index is 12.1. The zero-order valence-corrected chi connectivity index (χ0v) is 11.7. The maximum absolute atomic E-state index is 12.1. The number of nitro groups is 1. The van der Waals surface area contributed by atoms with Crippen molar-refractivity contribution in [1.29, 1.82) is 0 Å². The molecule has 0 fully saturated rings. The van der Waals surface area contributed by atoms with Crippen molar-refractivity contribution in [2.75, 3.05) is 5.32 Å². The van der Waals surface area contributed by atoms with Gasteiger partial charge in [-0.15, -0.1) is 0 Å². The Morgan fingerprint density at radius 1 is 1.22 bits per heavy atom. The first kappa shape index (κ1) is 14.4. The molecule has 3 rings (SSSR count). The Bertz CT molecular complexity index is 861. The first-order chi connectivity index (χ1) is 11.1. The van der Waals surface area contributed by atoms with Gasteiger partial charge in [-0.2, -0.15) is 0 Å². The van der Waals surface area contributed by atoms with Crippen molar-refractivity contribution in [1.82, 2.24) is 9.97 Å². The number of aromatic nitrogens is 2. The second-order valence-electron chi connectivity index (χ2n) is 4.50. The van der Waals surface area contributed by atoms with E-state index in [1.807, 2.05) is 0 Å². The molecule has 1 amide bonds. The number of non-ortho nitro benzene ring substituents is 1. The first-order valence-electron chi connectivity index (χ1n) is 6.56. The molecular weight excluding hydrogens is 300 g/mol. The van der Waals surface area contributed by atoms with Crippen molar-refractivity contribution in [2.24, 2.45) is 0 Å². The molecule has 0 atom stereocenters. The van der Waals surface area contributed by atoms with Gasteiger partial charge in [0.05, 0.1) is 11.2 Å². The second kappa shape index (κ2) is 6.06. The van der Waals surface area contributed by atoms with E-state index in [9.17, 15) is 14.9 Å². The lowest BCUT2D eigenvalue weighted by Crippen LogP contribution is -2.14. The van der Waals surface area contributed by atoms with Gasteiger partial charge in [0.2, 0.25) is 5.95 Å². The van der Waals surface area contributed by atoms with Gasteiger partial charge in [0.25, 0.3) is 11.6 Å². The molecule has 0 saturated heterocycles. The molecule has 2 heterocycles. The summed E-state index contributed by atoms with van der Waals surface area (Å²) >= 11 is 0. The van der Waals surface area contributed by atoms with Crippen molar-refractivity contribution >= 4 is 17.5 Å². The molecule has 8 heteroatoms. The quantitative estimate of drug-likeness (QED) is 0.586. The van der Waals surface area contributed by atoms with E-state index in [1.165, 1.54) is 36.7 Å². The van der Waals surface area contributed by atoms with E-state index in [0.717, 1.165) is 0 Å². The van der Waals surface area contributed by atoms with E-state index < -0.39 is 10.8 Å². The Labute approximate surface area is 130 Å². The van der Waals surface area contributed by atoms with E-state index >= 15 is 0 Å². The highest BCUT2D eigenvalue weighted by Crippen LogP contribution is 2.18. The van der Waals surface area contributed by atoms with E-state index in [2.05, 4.69) is 15.3 Å². The van der Waals surface area contributed by atoms with Crippen molar-refractivity contribution in [2.45, 2.75) is 0 Å². The summed E-state index contributed by atoms with van der Waals surface area (Å²) in [6.07, 6.45) is 2.99. The Morgan fingerprint density at radius 3 is 2.83 bits per heavy atom. The summed E-state index contributed by atoms with van der Waals surface area (Å²) in [7, 11) is 0. The van der Waals surface area contributed by atoms with Crippen LogP contribution in [0.2, 0.25) is 0 Å². The van der Waals surface area contributed by atoms with Gasteiger partial charge >= 0.3 is 0 Å². The van der Waals surface area contributed by atoms with E-state index in [4.69, 9.17) is 4.42 Å². The van der Waals surface area contributed by atoms with Crippen LogP contribution in [0.25, 0.3) is 11.5 Å². The number of nitrogens with one attached hydrogen (secondary N) is 1. The molecule has 0 bridgehead atoms. The lowest BCUT2D eigenvalue weighted by atomic mass is 10.2. The number of nitro benzene ring substituents is 1. The number of nitrogens with zero attached hydrogens (tertiary/aromatic N) is 3. The van der Waals surface area contributed by atoms with Crippen molar-refractivity contribution < 1.29 is 14.1 Å². The smallest absolute Gasteiger partial charge is 0.270 e. The minimum absolute atomic E-state index is 0.0791. The molecule has 8 nitrogen and oxygen atoms in total. The van der Waals surface area contributed by atoms with Crippen LogP contribution in [0.15, 0.2) is 59.3 Å². The number of rotatable bonds is 4. The molecule has 23 heavy (non-hydrogen) atoms. The highest BCUT2D eigenvalue weighted by Gasteiger charge is 2.13. The van der Waals surface area contributed by atoms with Gasteiger partial charge in [0, 0.05) is 23.9 Å². The van der Waals surface area contributed by atoms with Crippen LogP contribution in [-0.2, 0) is 0 Å². The summed E-state index contributed by atoms with van der Waals surface area (Å²) in [6.45, 7) is 0. The third-order valence-electron chi connectivity index (χ3n) is 2.97. The van der Waals surface area contributed by atoms with Crippen LogP contribution in [0, 0.1) is 10.1 Å². The van der Waals surface area contributed by atoms with E-state index in [-0.39, 0.29) is 17.2 Å². The summed E-state index contributed by atoms with van der Waals surface area (Å²) in [5.41, 5.74) is 0.494. The molecule has 1 aromatic carbocycles. The number of anilines is 1. The predicted molar refractivity (Wildman–Crippen MR) is 80.8 cm³/mol. The predicted octanol–water partition coefficient (Wildman–Crippen LogP) is 2.90. The number of hydrogen-bond acceptors (Lipinski definition) is 6. The molecule has 1 N–H and O–H groups in total. The van der Waals surface area contributed by atoms with Crippen LogP contribution >= 0.6 is 0 Å². The highest BCUT2D eigenvalue weighted by molar-refractivity contribution is 6.03. The lowest BCUT2D eigenvalue weighted by Gasteiger charge is -2.04. The monoisotopic (exact) mass is 310 g/mol. The van der Waals surface area contributed by atoms with Crippen LogP contribution in [0.1, 0.15) is 10.4 Å². The van der Waals surface area contributed by atoms with Crippen molar-refractivity contribution in [3.05, 3.63) is 70.6 Å². The summed E-state index contributed by atoms with van der Waals surface area (Å²) in [5.74, 6) is 0.0824. The summed E-state index contributed by atoms with van der Waals surface area (Å²) in [6, 6.07) is 10.5. The van der Waals surface area contributed by atoms with Gasteiger partial charge < -0.3 is 4.42 Å². The molecule has 3 aromatic rings. The first-order valence-corrected chi connectivity index (χ1v) is 6.56. The number of furan rings is 1. The number of carbonyl (C=O) groups is 1. The molecule has 0 aliphatic carbocycles. The fourth-order valence-corrected chi connectivity index (χ4v) is 1.91. The Hall–Kier alpha value is -3.55. The minimum Gasteiger partial charge on any atom is -0.463 e. The fraction of sp³-hybridized carbons (Fsp3) is 0. The Morgan fingerprint density at radius 2 is 2.09 bits per heavy atom. The van der Waals surface area contributed by atoms with E-state index in [1.54, 1.807) is 18.2 Å². The van der Waals surface area contributed by atoms with Gasteiger partial charge in [-0.3, -0.25) is 20.2 Å². The van der Waals surface area contributed by atoms with E-state index in [0.29, 0.717) is 11.5 Å². The number of amides is 1. The fourth-order valence-electron chi connectivity index (χ4n) is 1.91. The average Bonchev–Trinajstić information content (AvgIpc) is 3.10. The third kappa shape index (κ3) is 3.21. The summed E-state index contributed by atoms with van der Waals surface area (Å²) in [4.78, 5) is 30.5. The van der Waals surface area contributed by atoms with Crippen molar-refractivity contribution in [3.63, 3.8) is 0 Å². The SMILES string of the molecule is O=C(Nc1nccc(-c2ccco2)n1)c1cccc([N+](=O)[O-])c1. The Kier molecular flexibility index (Phi) is 3.79. The number of hydrogen-bond donors (Lipinski definition) is 1. The molecule has 0 spiro atoms. The van der Waals surface area contributed by atoms with Crippen LogP contribution in [0.4, 0.5) is 11.6 Å². The summed E-state index contributed by atoms with van der Waals surface area (Å²) in [5, 5.41) is 13.3. The van der Waals surface area contributed by atoms with Gasteiger partial charge in [0.15, 0.2) is 5.76 Å². The largest absolute Gasteiger partial charge is 0.463 e. The molecule has 0 saturated carbocycles. The minimum atomic E-state index is -0.565. The molecule has 114 valence electrons.